The summed E-state index contributed by atoms with van der Waals surface area (Å²) in [6, 6.07) is 9.18. The van der Waals surface area contributed by atoms with Gasteiger partial charge in [0.05, 0.1) is 5.54 Å². The Labute approximate surface area is 155 Å². The van der Waals surface area contributed by atoms with Crippen LogP contribution in [0.5, 0.6) is 5.75 Å². The minimum absolute atomic E-state index is 0.0411. The fraction of sp³-hybridized carbons (Fsp3) is 0.391. The van der Waals surface area contributed by atoms with Crippen LogP contribution in [-0.2, 0) is 0 Å². The smallest absolute Gasteiger partial charge is 0.130 e. The zero-order chi connectivity index (χ0) is 18.5. The molecule has 1 atom stereocenters. The molecule has 2 aliphatic rings. The van der Waals surface area contributed by atoms with Crippen molar-refractivity contribution in [2.24, 2.45) is 0 Å². The van der Waals surface area contributed by atoms with Crippen LogP contribution in [0.15, 0.2) is 36.4 Å². The van der Waals surface area contributed by atoms with Crippen LogP contribution >= 0.6 is 0 Å². The summed E-state index contributed by atoms with van der Waals surface area (Å²) in [6.45, 7) is 8.73. The number of unbranched alkanes of at least 4 members (excludes halogenated alkanes) is 1. The molecule has 0 radical (unpaired) electrons. The molecule has 0 saturated carbocycles. The Bertz CT molecular complexity index is 897. The lowest BCUT2D eigenvalue weighted by atomic mass is 9.81. The molecule has 0 amide bonds. The number of benzene rings is 2. The van der Waals surface area contributed by atoms with Gasteiger partial charge >= 0.3 is 0 Å². The Balaban J connectivity index is 1.94. The van der Waals surface area contributed by atoms with Crippen molar-refractivity contribution >= 4 is 11.3 Å². The molecule has 2 heterocycles. The number of hydrogen-bond acceptors (Lipinski definition) is 2. The number of nitrogens with one attached hydrogen (secondary N) is 1. The largest absolute Gasteiger partial charge is 0.485 e. The highest BCUT2D eigenvalue weighted by Gasteiger charge is 2.33. The van der Waals surface area contributed by atoms with E-state index in [4.69, 9.17) is 4.74 Å². The van der Waals surface area contributed by atoms with Crippen LogP contribution in [-0.4, -0.2) is 5.54 Å². The summed E-state index contributed by atoms with van der Waals surface area (Å²) in [7, 11) is 0. The van der Waals surface area contributed by atoms with Gasteiger partial charge in [-0.15, -0.1) is 0 Å². The van der Waals surface area contributed by atoms with E-state index in [1.807, 2.05) is 6.07 Å². The van der Waals surface area contributed by atoms with Crippen molar-refractivity contribution < 1.29 is 9.13 Å². The standard InChI is InChI=1S/C23H26FNO/c1-5-6-7-19-22-17(16-9-8-15(24)12-20(16)26-19)10-11-18-21(22)14(2)13-23(3,4)25-18/h8-13,19,25H,5-7H2,1-4H3. The van der Waals surface area contributed by atoms with Crippen LogP contribution in [0.25, 0.3) is 16.7 Å². The predicted molar refractivity (Wildman–Crippen MR) is 106 cm³/mol. The van der Waals surface area contributed by atoms with Crippen LogP contribution in [0.3, 0.4) is 0 Å². The molecular weight excluding hydrogens is 325 g/mol. The Morgan fingerprint density at radius 1 is 1.15 bits per heavy atom. The third-order valence-electron chi connectivity index (χ3n) is 5.32. The first kappa shape index (κ1) is 17.1. The van der Waals surface area contributed by atoms with Crippen molar-refractivity contribution in [3.05, 3.63) is 53.4 Å². The van der Waals surface area contributed by atoms with Gasteiger partial charge in [0.15, 0.2) is 0 Å². The Hall–Kier alpha value is -2.29. The number of ether oxygens (including phenoxy) is 1. The second kappa shape index (κ2) is 6.15. The van der Waals surface area contributed by atoms with E-state index >= 15 is 0 Å². The quantitative estimate of drug-likeness (QED) is 0.662. The predicted octanol–water partition coefficient (Wildman–Crippen LogP) is 6.72. The fourth-order valence-corrected chi connectivity index (χ4v) is 4.34. The van der Waals surface area contributed by atoms with E-state index in [1.165, 1.54) is 34.4 Å². The van der Waals surface area contributed by atoms with Gasteiger partial charge in [-0.05, 0) is 62.9 Å². The number of hydrogen-bond donors (Lipinski definition) is 1. The molecule has 3 heteroatoms. The van der Waals surface area contributed by atoms with Crippen molar-refractivity contribution in [2.75, 3.05) is 5.32 Å². The van der Waals surface area contributed by atoms with Gasteiger partial charge in [0.2, 0.25) is 0 Å². The fourth-order valence-electron chi connectivity index (χ4n) is 4.34. The van der Waals surface area contributed by atoms with Crippen molar-refractivity contribution in [1.82, 2.24) is 0 Å². The zero-order valence-corrected chi connectivity index (χ0v) is 15.9. The molecule has 2 aliphatic heterocycles. The van der Waals surface area contributed by atoms with E-state index in [-0.39, 0.29) is 17.5 Å². The molecule has 1 N–H and O–H groups in total. The van der Waals surface area contributed by atoms with Crippen LogP contribution < -0.4 is 10.1 Å². The molecule has 0 aliphatic carbocycles. The summed E-state index contributed by atoms with van der Waals surface area (Å²) < 4.78 is 20.1. The van der Waals surface area contributed by atoms with Gasteiger partial charge < -0.3 is 10.1 Å². The highest BCUT2D eigenvalue weighted by Crippen LogP contribution is 2.50. The maximum atomic E-state index is 13.8. The normalized spacial score (nSPS) is 19.4. The van der Waals surface area contributed by atoms with Gasteiger partial charge in [-0.1, -0.05) is 25.5 Å². The zero-order valence-electron chi connectivity index (χ0n) is 15.9. The maximum absolute atomic E-state index is 13.8. The van der Waals surface area contributed by atoms with Crippen molar-refractivity contribution in [3.8, 4) is 16.9 Å². The highest BCUT2D eigenvalue weighted by atomic mass is 19.1. The molecule has 2 nitrogen and oxygen atoms in total. The van der Waals surface area contributed by atoms with Crippen LogP contribution in [0, 0.1) is 5.82 Å². The van der Waals surface area contributed by atoms with Gasteiger partial charge in [-0.25, -0.2) is 4.39 Å². The Morgan fingerprint density at radius 3 is 2.69 bits per heavy atom. The Kier molecular flexibility index (Phi) is 4.06. The first-order valence-electron chi connectivity index (χ1n) is 9.51. The van der Waals surface area contributed by atoms with Crippen molar-refractivity contribution in [1.29, 1.82) is 0 Å². The molecule has 0 aromatic heterocycles. The summed E-state index contributed by atoms with van der Waals surface area (Å²) >= 11 is 0. The van der Waals surface area contributed by atoms with Crippen LogP contribution in [0.4, 0.5) is 10.1 Å². The monoisotopic (exact) mass is 351 g/mol. The third kappa shape index (κ3) is 2.80. The maximum Gasteiger partial charge on any atom is 0.130 e. The van der Waals surface area contributed by atoms with Gasteiger partial charge in [-0.3, -0.25) is 0 Å². The number of fused-ring (bicyclic) bond motifs is 5. The van der Waals surface area contributed by atoms with Gasteiger partial charge in [0.25, 0.3) is 0 Å². The van der Waals surface area contributed by atoms with Crippen molar-refractivity contribution in [2.45, 2.75) is 58.6 Å². The topological polar surface area (TPSA) is 21.3 Å². The molecule has 0 fully saturated rings. The molecule has 0 saturated heterocycles. The van der Waals surface area contributed by atoms with Gasteiger partial charge in [-0.2, -0.15) is 0 Å². The lowest BCUT2D eigenvalue weighted by Crippen LogP contribution is -2.32. The molecule has 2 aromatic carbocycles. The number of rotatable bonds is 3. The van der Waals surface area contributed by atoms with Gasteiger partial charge in [0, 0.05) is 28.4 Å². The van der Waals surface area contributed by atoms with E-state index < -0.39 is 0 Å². The summed E-state index contributed by atoms with van der Waals surface area (Å²) in [6.07, 6.45) is 5.38. The first-order chi connectivity index (χ1) is 12.4. The molecule has 4 rings (SSSR count). The molecule has 0 bridgehead atoms. The molecule has 1 unspecified atom stereocenters. The van der Waals surface area contributed by atoms with E-state index in [0.717, 1.165) is 30.5 Å². The number of anilines is 1. The number of allylic oxidation sites excluding steroid dienone is 1. The summed E-state index contributed by atoms with van der Waals surface area (Å²) in [4.78, 5) is 0. The lowest BCUT2D eigenvalue weighted by Gasteiger charge is -2.37. The third-order valence-corrected chi connectivity index (χ3v) is 5.32. The first-order valence-corrected chi connectivity index (χ1v) is 9.51. The summed E-state index contributed by atoms with van der Waals surface area (Å²) in [5.41, 5.74) is 7.00. The lowest BCUT2D eigenvalue weighted by molar-refractivity contribution is 0.187. The second-order valence-corrected chi connectivity index (χ2v) is 8.01. The molecule has 26 heavy (non-hydrogen) atoms. The molecule has 0 spiro atoms. The second-order valence-electron chi connectivity index (χ2n) is 8.01. The van der Waals surface area contributed by atoms with Gasteiger partial charge in [0.1, 0.15) is 17.7 Å². The number of halogens is 1. The average Bonchev–Trinajstić information content (AvgIpc) is 2.57. The SMILES string of the molecule is CCCCC1Oc2cc(F)ccc2-c2ccc3c(c21)C(C)=CC(C)(C)N3. The minimum Gasteiger partial charge on any atom is -0.485 e. The van der Waals surface area contributed by atoms with Crippen molar-refractivity contribution in [3.63, 3.8) is 0 Å². The van der Waals surface area contributed by atoms with Crippen LogP contribution in [0.1, 0.15) is 64.2 Å². The molecule has 136 valence electrons. The van der Waals surface area contributed by atoms with E-state index in [0.29, 0.717) is 5.75 Å². The summed E-state index contributed by atoms with van der Waals surface area (Å²) in [5.74, 6) is 0.406. The van der Waals surface area contributed by atoms with E-state index in [9.17, 15) is 4.39 Å². The average molecular weight is 351 g/mol. The highest BCUT2D eigenvalue weighted by molar-refractivity contribution is 5.89. The molecule has 2 aromatic rings. The van der Waals surface area contributed by atoms with E-state index in [1.54, 1.807) is 0 Å². The Morgan fingerprint density at radius 2 is 1.92 bits per heavy atom. The minimum atomic E-state index is -0.251. The van der Waals surface area contributed by atoms with Crippen LogP contribution in [0.2, 0.25) is 0 Å². The summed E-state index contributed by atoms with van der Waals surface area (Å²) in [5, 5.41) is 3.63. The van der Waals surface area contributed by atoms with E-state index in [2.05, 4.69) is 51.2 Å². The molecular formula is C23H26FNO.